The number of allylic oxidation sites excluding steroid dienone is 2. The fourth-order valence-corrected chi connectivity index (χ4v) is 7.47. The fraction of sp³-hybridized carbons (Fsp3) is 0.314. The van der Waals surface area contributed by atoms with Gasteiger partial charge in [0, 0.05) is 29.4 Å². The molecule has 10 heteroatoms. The van der Waals surface area contributed by atoms with Crippen LogP contribution in [-0.2, 0) is 41.8 Å². The van der Waals surface area contributed by atoms with Crippen LogP contribution in [0.3, 0.4) is 0 Å². The number of methoxy groups -OCH3 is 1. The molecule has 3 N–H and O–H groups in total. The number of thiophene rings is 1. The van der Waals surface area contributed by atoms with Gasteiger partial charge >= 0.3 is 4.87 Å². The molecular formula is C35H41FN4O3S2. The van der Waals surface area contributed by atoms with Crippen molar-refractivity contribution in [2.45, 2.75) is 52.5 Å². The molecule has 1 aliphatic carbocycles. The second kappa shape index (κ2) is 16.2. The summed E-state index contributed by atoms with van der Waals surface area (Å²) in [6.07, 6.45) is 8.42. The van der Waals surface area contributed by atoms with Crippen molar-refractivity contribution in [3.63, 3.8) is 0 Å². The first-order valence-corrected chi connectivity index (χ1v) is 16.6. The quantitative estimate of drug-likeness (QED) is 0.112. The van der Waals surface area contributed by atoms with Gasteiger partial charge in [-0.1, -0.05) is 43.0 Å². The van der Waals surface area contributed by atoms with Crippen molar-refractivity contribution in [2.24, 2.45) is 5.92 Å². The van der Waals surface area contributed by atoms with Crippen molar-refractivity contribution in [2.75, 3.05) is 19.0 Å². The van der Waals surface area contributed by atoms with E-state index < -0.39 is 0 Å². The molecule has 1 atom stereocenters. The average Bonchev–Trinajstić information content (AvgIpc) is 3.53. The van der Waals surface area contributed by atoms with E-state index >= 15 is 0 Å². The van der Waals surface area contributed by atoms with E-state index in [1.807, 2.05) is 24.3 Å². The van der Waals surface area contributed by atoms with E-state index in [9.17, 15) is 14.0 Å². The number of fused-ring (bicyclic) bond motifs is 2. The molecule has 0 fully saturated rings. The molecule has 2 heterocycles. The Labute approximate surface area is 272 Å². The summed E-state index contributed by atoms with van der Waals surface area (Å²) in [4.78, 5) is 25.6. The molecule has 4 aromatic rings. The molecule has 1 aliphatic rings. The second-order valence-corrected chi connectivity index (χ2v) is 13.1. The van der Waals surface area contributed by atoms with Gasteiger partial charge in [-0.25, -0.2) is 4.39 Å². The summed E-state index contributed by atoms with van der Waals surface area (Å²) >= 11 is 3.07. The van der Waals surface area contributed by atoms with Gasteiger partial charge in [-0.3, -0.25) is 14.2 Å². The largest absolute Gasteiger partial charge is 0.503 e. The van der Waals surface area contributed by atoms with Gasteiger partial charge in [-0.2, -0.15) is 0 Å². The minimum absolute atomic E-state index is 0.0558. The van der Waals surface area contributed by atoms with Gasteiger partial charge in [0.25, 0.3) is 0 Å². The van der Waals surface area contributed by atoms with Gasteiger partial charge in [-0.05, 0) is 90.9 Å². The van der Waals surface area contributed by atoms with E-state index in [4.69, 9.17) is 4.74 Å². The Hall–Kier alpha value is -4.15. The topological polar surface area (TPSA) is 84.4 Å². The van der Waals surface area contributed by atoms with Crippen molar-refractivity contribution in [1.29, 1.82) is 0 Å². The third-order valence-electron chi connectivity index (χ3n) is 7.41. The molecule has 238 valence electrons. The van der Waals surface area contributed by atoms with Crippen molar-refractivity contribution >= 4 is 44.5 Å². The third-order valence-corrected chi connectivity index (χ3v) is 9.45. The molecule has 2 aromatic heterocycles. The predicted molar refractivity (Wildman–Crippen MR) is 185 cm³/mol. The summed E-state index contributed by atoms with van der Waals surface area (Å²) in [7, 11) is 1.64. The molecule has 7 nitrogen and oxygen atoms in total. The zero-order valence-electron chi connectivity index (χ0n) is 26.1. The number of benzene rings is 2. The third kappa shape index (κ3) is 9.67. The number of nitrogens with zero attached hydrogens (tertiary/aromatic N) is 1. The maximum absolute atomic E-state index is 12.9. The van der Waals surface area contributed by atoms with Crippen LogP contribution in [0.1, 0.15) is 41.8 Å². The number of halogens is 1. The highest BCUT2D eigenvalue weighted by Crippen LogP contribution is 2.33. The molecule has 1 amide bonds. The van der Waals surface area contributed by atoms with E-state index in [-0.39, 0.29) is 23.0 Å². The van der Waals surface area contributed by atoms with Gasteiger partial charge in [0.2, 0.25) is 5.91 Å². The summed E-state index contributed by atoms with van der Waals surface area (Å²) in [6.45, 7) is 13.3. The number of amides is 1. The summed E-state index contributed by atoms with van der Waals surface area (Å²) in [5.41, 5.74) is 6.26. The Bertz CT molecular complexity index is 1720. The number of anilines is 1. The highest BCUT2D eigenvalue weighted by atomic mass is 32.1. The van der Waals surface area contributed by atoms with Gasteiger partial charge in [0.05, 0.1) is 29.6 Å². The van der Waals surface area contributed by atoms with Crippen LogP contribution in [0.15, 0.2) is 89.7 Å². The standard InChI is InChI=1S/C18H15FN2O2S.C17H26N2OS/c1-2-9-21-15-8-7-14(11-16(15)24-18(21)23)20-17(22)10-12-3-5-13(19)6-4-12;1-12-5-6-16-15(11-21-17(16)9-12)7-8-18-14(3)19-13(2)10-20-4/h2-8,11H,1,9-10H2,(H,20,22);10-12,18-19H,3,5-9H2,1-2,4H3/b;13-10-. The smallest absolute Gasteiger partial charge is 0.308 e. The number of rotatable bonds is 12. The van der Waals surface area contributed by atoms with Crippen LogP contribution < -0.4 is 20.8 Å². The number of hydrogen-bond acceptors (Lipinski definition) is 7. The molecule has 0 spiro atoms. The lowest BCUT2D eigenvalue weighted by Gasteiger charge is -2.19. The molecule has 0 bridgehead atoms. The lowest BCUT2D eigenvalue weighted by Crippen LogP contribution is -2.26. The first-order valence-electron chi connectivity index (χ1n) is 14.9. The summed E-state index contributed by atoms with van der Waals surface area (Å²) in [5, 5.41) is 11.6. The van der Waals surface area contributed by atoms with Gasteiger partial charge in [-0.15, -0.1) is 17.9 Å². The summed E-state index contributed by atoms with van der Waals surface area (Å²) in [5.74, 6) is 1.14. The molecule has 0 aliphatic heterocycles. The number of aromatic nitrogens is 1. The summed E-state index contributed by atoms with van der Waals surface area (Å²) in [6, 6.07) is 11.2. The SMILES string of the molecule is C=C(NCCc1csc2c1CCC(C)C2)N/C(C)=C\OC.C=CCn1c(=O)sc2cc(NC(=O)Cc3ccc(F)cc3)ccc21. The average molecular weight is 649 g/mol. The van der Waals surface area contributed by atoms with E-state index in [1.165, 1.54) is 37.0 Å². The van der Waals surface area contributed by atoms with Gasteiger partial charge in [0.1, 0.15) is 12.1 Å². The van der Waals surface area contributed by atoms with Crippen molar-refractivity contribution in [3.05, 3.63) is 122 Å². The number of ether oxygens (including phenoxy) is 1. The Balaban J connectivity index is 0.000000207. The number of carbonyl (C=O) groups excluding carboxylic acids is 1. The predicted octanol–water partition coefficient (Wildman–Crippen LogP) is 7.14. The number of thiazole rings is 1. The molecule has 45 heavy (non-hydrogen) atoms. The zero-order valence-corrected chi connectivity index (χ0v) is 27.7. The fourth-order valence-electron chi connectivity index (χ4n) is 5.23. The Morgan fingerprint density at radius 1 is 1.22 bits per heavy atom. The summed E-state index contributed by atoms with van der Waals surface area (Å²) < 4.78 is 20.3. The van der Waals surface area contributed by atoms with Gasteiger partial charge < -0.3 is 20.7 Å². The van der Waals surface area contributed by atoms with Gasteiger partial charge in [0.15, 0.2) is 0 Å². The molecule has 0 saturated carbocycles. The highest BCUT2D eigenvalue weighted by molar-refractivity contribution is 7.16. The molecule has 0 radical (unpaired) electrons. The van der Waals surface area contributed by atoms with Crippen LogP contribution in [0.2, 0.25) is 0 Å². The van der Waals surface area contributed by atoms with Crippen LogP contribution in [0.4, 0.5) is 10.1 Å². The Kier molecular flexibility index (Phi) is 12.2. The van der Waals surface area contributed by atoms with Crippen LogP contribution in [0.5, 0.6) is 0 Å². The molecule has 0 saturated heterocycles. The van der Waals surface area contributed by atoms with Crippen molar-refractivity contribution in [3.8, 4) is 0 Å². The normalized spacial score (nSPS) is 14.1. The van der Waals surface area contributed by atoms with E-state index in [2.05, 4.69) is 41.4 Å². The molecule has 2 aromatic carbocycles. The van der Waals surface area contributed by atoms with Crippen molar-refractivity contribution in [1.82, 2.24) is 15.2 Å². The van der Waals surface area contributed by atoms with E-state index in [1.54, 1.807) is 58.7 Å². The Morgan fingerprint density at radius 3 is 2.73 bits per heavy atom. The lowest BCUT2D eigenvalue weighted by molar-refractivity contribution is -0.115. The number of hydrogen-bond donors (Lipinski definition) is 3. The van der Waals surface area contributed by atoms with Crippen LogP contribution >= 0.6 is 22.7 Å². The zero-order chi connectivity index (χ0) is 32.3. The van der Waals surface area contributed by atoms with Crippen LogP contribution in [0.25, 0.3) is 10.2 Å². The van der Waals surface area contributed by atoms with E-state index in [0.717, 1.165) is 57.5 Å². The second-order valence-electron chi connectivity index (χ2n) is 11.1. The molecule has 5 rings (SSSR count). The van der Waals surface area contributed by atoms with Crippen molar-refractivity contribution < 1.29 is 13.9 Å². The maximum Gasteiger partial charge on any atom is 0.308 e. The first kappa shape index (κ1) is 33.7. The lowest BCUT2D eigenvalue weighted by atomic mass is 9.88. The highest BCUT2D eigenvalue weighted by Gasteiger charge is 2.19. The van der Waals surface area contributed by atoms with E-state index in [0.29, 0.717) is 12.2 Å². The molecule has 1 unspecified atom stereocenters. The minimum Gasteiger partial charge on any atom is -0.503 e. The van der Waals surface area contributed by atoms with Crippen LogP contribution in [-0.4, -0.2) is 24.1 Å². The first-order chi connectivity index (χ1) is 21.7. The molecular weight excluding hydrogens is 608 g/mol. The number of carbonyl (C=O) groups is 1. The number of nitrogens with one attached hydrogen (secondary N) is 3. The van der Waals surface area contributed by atoms with Crippen LogP contribution in [0, 0.1) is 11.7 Å². The minimum atomic E-state index is -0.330. The Morgan fingerprint density at radius 2 is 2.00 bits per heavy atom. The maximum atomic E-state index is 12.9. The monoisotopic (exact) mass is 648 g/mol.